The van der Waals surface area contributed by atoms with Crippen molar-refractivity contribution in [1.82, 2.24) is 49.8 Å². The summed E-state index contributed by atoms with van der Waals surface area (Å²) in [6, 6.07) is 28.8. The molecule has 16 nitrogen and oxygen atoms in total. The van der Waals surface area contributed by atoms with Crippen molar-refractivity contribution in [1.29, 1.82) is 0 Å². The third-order valence-corrected chi connectivity index (χ3v) is 9.64. The van der Waals surface area contributed by atoms with Crippen LogP contribution in [0.15, 0.2) is 129 Å². The minimum Gasteiger partial charge on any atom is -0.394 e. The number of aryl methyl sites for hydroxylation is 2. The van der Waals surface area contributed by atoms with Crippen molar-refractivity contribution < 1.29 is 15.3 Å². The fraction of sp³-hybridized carbons (Fsp3) is 0.186. The maximum absolute atomic E-state index is 9.62. The Balaban J connectivity index is 0.000000134. The van der Waals surface area contributed by atoms with Gasteiger partial charge in [-0.15, -0.1) is 0 Å². The van der Waals surface area contributed by atoms with Crippen LogP contribution in [0.3, 0.4) is 0 Å². The van der Waals surface area contributed by atoms with E-state index in [0.717, 1.165) is 67.0 Å². The fourth-order valence-electron chi connectivity index (χ4n) is 6.58. The van der Waals surface area contributed by atoms with Crippen LogP contribution in [-0.4, -0.2) is 85.0 Å². The van der Waals surface area contributed by atoms with Gasteiger partial charge < -0.3 is 46.2 Å². The average Bonchev–Trinajstić information content (AvgIpc) is 4.04. The van der Waals surface area contributed by atoms with Crippen LogP contribution < -0.4 is 16.0 Å². The first kappa shape index (κ1) is 39.9. The van der Waals surface area contributed by atoms with Crippen LogP contribution in [0.25, 0.3) is 33.2 Å². The number of anilines is 3. The lowest BCUT2D eigenvalue weighted by Crippen LogP contribution is -2.16. The second kappa shape index (κ2) is 19.3. The molecule has 0 aliphatic carbocycles. The number of hydrogen-bond donors (Lipinski definition) is 9. The number of rotatable bonds is 12. The molecule has 3 atom stereocenters. The summed E-state index contributed by atoms with van der Waals surface area (Å²) in [4.78, 5) is 38.5. The summed E-state index contributed by atoms with van der Waals surface area (Å²) in [7, 11) is 0. The molecule has 0 spiro atoms. The number of hydrogen-bond acceptors (Lipinski definition) is 13. The third kappa shape index (κ3) is 9.48. The third-order valence-electron chi connectivity index (χ3n) is 9.64. The molecule has 0 fully saturated rings. The largest absolute Gasteiger partial charge is 0.394 e. The second-order valence-corrected chi connectivity index (χ2v) is 13.5. The molecule has 0 saturated carbocycles. The summed E-state index contributed by atoms with van der Waals surface area (Å²) in [5.41, 5.74) is 8.12. The molecule has 0 bridgehead atoms. The molecule has 0 radical (unpaired) electrons. The van der Waals surface area contributed by atoms with Gasteiger partial charge in [0.1, 0.15) is 47.4 Å². The molecule has 300 valence electrons. The molecule has 0 amide bonds. The highest BCUT2D eigenvalue weighted by Gasteiger charge is 2.17. The first-order chi connectivity index (χ1) is 29.0. The molecule has 0 saturated heterocycles. The Labute approximate surface area is 339 Å². The first-order valence-electron chi connectivity index (χ1n) is 19.0. The van der Waals surface area contributed by atoms with E-state index >= 15 is 0 Å². The van der Waals surface area contributed by atoms with Crippen molar-refractivity contribution in [3.63, 3.8) is 0 Å². The molecule has 0 aliphatic rings. The summed E-state index contributed by atoms with van der Waals surface area (Å²) in [6.45, 7) is 3.98. The van der Waals surface area contributed by atoms with Gasteiger partial charge in [-0.3, -0.25) is 0 Å². The topological polar surface area (TPSA) is 234 Å². The zero-order valence-corrected chi connectivity index (χ0v) is 32.4. The molecule has 9 aromatic rings. The van der Waals surface area contributed by atoms with Gasteiger partial charge in [-0.2, -0.15) is 0 Å². The number of aromatic nitrogens is 10. The quantitative estimate of drug-likeness (QED) is 0.0660. The molecule has 3 aromatic carbocycles. The van der Waals surface area contributed by atoms with Gasteiger partial charge in [-0.05, 0) is 41.7 Å². The van der Waals surface area contributed by atoms with Gasteiger partial charge in [-0.25, -0.2) is 34.9 Å². The Morgan fingerprint density at radius 1 is 0.475 bits per heavy atom. The standard InChI is InChI=1S/2C15H16N4O.C13H13N5O/c2*1-10-7-16-14-13(10)15(18-9-17-14)19-12(8-20)11-5-3-2-4-6-11;19-6-10(9-4-2-1-3-5-9)18-13-11-12(15-7-14-11)16-8-17-13/h2*2-7,9,12,20H,8H2,1H3,(H2,16,17,18,19);1-5,7-8,10,19H,6H2,(H2,14,15,16,17,18)/t2*12-;10-/m100/s1. The lowest BCUT2D eigenvalue weighted by atomic mass is 10.1. The summed E-state index contributed by atoms with van der Waals surface area (Å²) < 4.78 is 0. The predicted octanol–water partition coefficient (Wildman–Crippen LogP) is 6.32. The number of H-pyrrole nitrogens is 3. The number of fused-ring (bicyclic) bond motifs is 3. The van der Waals surface area contributed by atoms with Crippen LogP contribution in [0.1, 0.15) is 45.9 Å². The first-order valence-corrected chi connectivity index (χ1v) is 19.0. The highest BCUT2D eigenvalue weighted by atomic mass is 16.3. The summed E-state index contributed by atoms with van der Waals surface area (Å²) in [6.07, 6.45) is 9.86. The Kier molecular flexibility index (Phi) is 13.0. The lowest BCUT2D eigenvalue weighted by Gasteiger charge is -2.17. The monoisotopic (exact) mass is 791 g/mol. The van der Waals surface area contributed by atoms with E-state index in [0.29, 0.717) is 11.5 Å². The van der Waals surface area contributed by atoms with Gasteiger partial charge >= 0.3 is 0 Å². The molecule has 59 heavy (non-hydrogen) atoms. The minimum absolute atomic E-state index is 0.00101. The predicted molar refractivity (Wildman–Crippen MR) is 229 cm³/mol. The van der Waals surface area contributed by atoms with E-state index in [9.17, 15) is 15.3 Å². The van der Waals surface area contributed by atoms with E-state index in [-0.39, 0.29) is 37.9 Å². The molecule has 9 rings (SSSR count). The van der Waals surface area contributed by atoms with E-state index in [1.54, 1.807) is 6.33 Å². The van der Waals surface area contributed by atoms with Crippen LogP contribution >= 0.6 is 0 Å². The number of imidazole rings is 1. The van der Waals surface area contributed by atoms with Crippen LogP contribution in [0.5, 0.6) is 0 Å². The molecule has 0 unspecified atom stereocenters. The van der Waals surface area contributed by atoms with Crippen molar-refractivity contribution in [3.8, 4) is 0 Å². The Morgan fingerprint density at radius 3 is 1.29 bits per heavy atom. The second-order valence-electron chi connectivity index (χ2n) is 13.5. The zero-order chi connectivity index (χ0) is 41.0. The molecular weight excluding hydrogens is 747 g/mol. The van der Waals surface area contributed by atoms with Crippen molar-refractivity contribution in [2.24, 2.45) is 0 Å². The highest BCUT2D eigenvalue weighted by molar-refractivity contribution is 5.91. The molecule has 16 heteroatoms. The number of nitrogens with one attached hydrogen (secondary N) is 6. The Hall–Kier alpha value is -7.27. The molecule has 6 aromatic heterocycles. The number of aliphatic hydroxyl groups excluding tert-OH is 3. The van der Waals surface area contributed by atoms with Crippen molar-refractivity contribution >= 4 is 50.7 Å². The molecule has 0 aliphatic heterocycles. The fourth-order valence-corrected chi connectivity index (χ4v) is 6.58. The Bertz CT molecular complexity index is 2550. The maximum atomic E-state index is 9.62. The van der Waals surface area contributed by atoms with Gasteiger partial charge in [0.05, 0.1) is 55.0 Å². The molecule has 6 heterocycles. The molecule has 9 N–H and O–H groups in total. The number of aromatic amines is 3. The zero-order valence-electron chi connectivity index (χ0n) is 32.4. The number of aliphatic hydroxyl groups is 3. The number of benzene rings is 3. The van der Waals surface area contributed by atoms with Crippen LogP contribution in [0.4, 0.5) is 17.5 Å². The SMILES string of the molecule is Cc1c[nH]c2ncnc(N[C@@H](CO)c3ccccc3)c12.Cc1c[nH]c2ncnc(N[C@H](CO)c3ccccc3)c12.OC[C@H](Nc1ncnc2nc[nH]c12)c1ccccc1. The minimum atomic E-state index is -0.220. The van der Waals surface area contributed by atoms with E-state index in [4.69, 9.17) is 0 Å². The Morgan fingerprint density at radius 2 is 0.864 bits per heavy atom. The average molecular weight is 792 g/mol. The normalized spacial score (nSPS) is 12.5. The highest BCUT2D eigenvalue weighted by Crippen LogP contribution is 2.28. The maximum Gasteiger partial charge on any atom is 0.182 e. The van der Waals surface area contributed by atoms with Crippen molar-refractivity contribution in [2.75, 3.05) is 35.8 Å². The molecular formula is C43H45N13O3. The van der Waals surface area contributed by atoms with Gasteiger partial charge in [0, 0.05) is 12.4 Å². The lowest BCUT2D eigenvalue weighted by molar-refractivity contribution is 0.276. The van der Waals surface area contributed by atoms with E-state index in [1.165, 1.54) is 19.0 Å². The summed E-state index contributed by atoms with van der Waals surface area (Å²) >= 11 is 0. The van der Waals surface area contributed by atoms with E-state index in [2.05, 4.69) is 65.8 Å². The van der Waals surface area contributed by atoms with E-state index < -0.39 is 0 Å². The summed E-state index contributed by atoms with van der Waals surface area (Å²) in [5, 5.41) is 40.5. The van der Waals surface area contributed by atoms with Crippen molar-refractivity contribution in [2.45, 2.75) is 32.0 Å². The summed E-state index contributed by atoms with van der Waals surface area (Å²) in [5.74, 6) is 2.10. The van der Waals surface area contributed by atoms with Gasteiger partial charge in [-0.1, -0.05) is 91.0 Å². The number of nitrogens with zero attached hydrogens (tertiary/aromatic N) is 7. The van der Waals surface area contributed by atoms with E-state index in [1.807, 2.05) is 117 Å². The van der Waals surface area contributed by atoms with Crippen LogP contribution in [0, 0.1) is 13.8 Å². The van der Waals surface area contributed by atoms with Gasteiger partial charge in [0.25, 0.3) is 0 Å². The van der Waals surface area contributed by atoms with Gasteiger partial charge in [0.2, 0.25) is 0 Å². The van der Waals surface area contributed by atoms with Crippen LogP contribution in [0.2, 0.25) is 0 Å². The van der Waals surface area contributed by atoms with Crippen molar-refractivity contribution in [3.05, 3.63) is 157 Å². The van der Waals surface area contributed by atoms with Crippen LogP contribution in [-0.2, 0) is 0 Å². The van der Waals surface area contributed by atoms with Gasteiger partial charge in [0.15, 0.2) is 11.5 Å². The smallest absolute Gasteiger partial charge is 0.182 e.